The Labute approximate surface area is 129 Å². The van der Waals surface area contributed by atoms with Crippen LogP contribution in [-0.2, 0) is 4.74 Å². The maximum atomic E-state index is 12.0. The standard InChI is InChI=1S/C16H20N2O2S/c1-5-20-16(19)14-11(4)18-21-15(14)17-13-8-6-7-12(9-13)10(2)3/h6-10,17H,5H2,1-4H3. The van der Waals surface area contributed by atoms with E-state index in [1.54, 1.807) is 6.92 Å². The average Bonchev–Trinajstić information content (AvgIpc) is 2.80. The van der Waals surface area contributed by atoms with Gasteiger partial charge in [-0.1, -0.05) is 26.0 Å². The van der Waals surface area contributed by atoms with E-state index in [4.69, 9.17) is 4.74 Å². The van der Waals surface area contributed by atoms with Crippen LogP contribution in [0.1, 0.15) is 48.3 Å². The molecule has 1 N–H and O–H groups in total. The van der Waals surface area contributed by atoms with Crippen molar-refractivity contribution in [2.24, 2.45) is 0 Å². The summed E-state index contributed by atoms with van der Waals surface area (Å²) in [6, 6.07) is 8.18. The van der Waals surface area contributed by atoms with Crippen molar-refractivity contribution in [1.29, 1.82) is 0 Å². The van der Waals surface area contributed by atoms with Gasteiger partial charge in [-0.05, 0) is 49.0 Å². The number of ether oxygens (including phenoxy) is 1. The fourth-order valence-electron chi connectivity index (χ4n) is 2.01. The molecule has 0 radical (unpaired) electrons. The molecule has 0 spiro atoms. The molecule has 2 aromatic rings. The number of nitrogens with one attached hydrogen (secondary N) is 1. The van der Waals surface area contributed by atoms with Crippen molar-refractivity contribution in [2.75, 3.05) is 11.9 Å². The van der Waals surface area contributed by atoms with Crippen LogP contribution in [0.25, 0.3) is 0 Å². The SMILES string of the molecule is CCOC(=O)c1c(C)nsc1Nc1cccc(C(C)C)c1. The minimum Gasteiger partial charge on any atom is -0.462 e. The van der Waals surface area contributed by atoms with Crippen LogP contribution in [0.2, 0.25) is 0 Å². The van der Waals surface area contributed by atoms with E-state index in [9.17, 15) is 4.79 Å². The number of esters is 1. The van der Waals surface area contributed by atoms with Gasteiger partial charge in [0.1, 0.15) is 10.6 Å². The molecule has 1 aromatic carbocycles. The number of hydrogen-bond acceptors (Lipinski definition) is 5. The summed E-state index contributed by atoms with van der Waals surface area (Å²) in [5.74, 6) is 0.130. The van der Waals surface area contributed by atoms with Gasteiger partial charge in [0, 0.05) is 5.69 Å². The summed E-state index contributed by atoms with van der Waals surface area (Å²) in [6.07, 6.45) is 0. The quantitative estimate of drug-likeness (QED) is 0.827. The first kappa shape index (κ1) is 15.5. The second-order valence-electron chi connectivity index (χ2n) is 5.10. The van der Waals surface area contributed by atoms with Crippen LogP contribution in [0.15, 0.2) is 24.3 Å². The number of rotatable bonds is 5. The first-order valence-corrected chi connectivity index (χ1v) is 7.80. The summed E-state index contributed by atoms with van der Waals surface area (Å²) in [7, 11) is 0. The molecule has 0 atom stereocenters. The summed E-state index contributed by atoms with van der Waals surface area (Å²) in [4.78, 5) is 12.0. The lowest BCUT2D eigenvalue weighted by molar-refractivity contribution is 0.0527. The van der Waals surface area contributed by atoms with Crippen molar-refractivity contribution < 1.29 is 9.53 Å². The maximum Gasteiger partial charge on any atom is 0.343 e. The molecule has 0 fully saturated rings. The smallest absolute Gasteiger partial charge is 0.343 e. The Balaban J connectivity index is 2.28. The monoisotopic (exact) mass is 304 g/mol. The maximum absolute atomic E-state index is 12.0. The number of aryl methyl sites for hydroxylation is 1. The summed E-state index contributed by atoms with van der Waals surface area (Å²) in [5, 5.41) is 4.01. The fourth-order valence-corrected chi connectivity index (χ4v) is 2.81. The van der Waals surface area contributed by atoms with Crippen LogP contribution in [-0.4, -0.2) is 16.9 Å². The summed E-state index contributed by atoms with van der Waals surface area (Å²) < 4.78 is 9.35. The molecule has 112 valence electrons. The van der Waals surface area contributed by atoms with Crippen LogP contribution in [0.4, 0.5) is 10.7 Å². The van der Waals surface area contributed by atoms with E-state index in [1.807, 2.05) is 19.1 Å². The molecule has 1 aromatic heterocycles. The van der Waals surface area contributed by atoms with Crippen molar-refractivity contribution in [1.82, 2.24) is 4.37 Å². The van der Waals surface area contributed by atoms with E-state index in [-0.39, 0.29) is 5.97 Å². The molecule has 1 heterocycles. The first-order valence-electron chi connectivity index (χ1n) is 7.03. The molecule has 2 rings (SSSR count). The highest BCUT2D eigenvalue weighted by Gasteiger charge is 2.19. The Bertz CT molecular complexity index is 635. The van der Waals surface area contributed by atoms with Crippen molar-refractivity contribution >= 4 is 28.2 Å². The van der Waals surface area contributed by atoms with Gasteiger partial charge < -0.3 is 10.1 Å². The Morgan fingerprint density at radius 1 is 1.43 bits per heavy atom. The van der Waals surface area contributed by atoms with E-state index < -0.39 is 0 Å². The molecule has 5 heteroatoms. The Morgan fingerprint density at radius 2 is 2.19 bits per heavy atom. The molecule has 0 saturated heterocycles. The largest absolute Gasteiger partial charge is 0.462 e. The van der Waals surface area contributed by atoms with Crippen molar-refractivity contribution in [3.63, 3.8) is 0 Å². The van der Waals surface area contributed by atoms with Crippen molar-refractivity contribution in [2.45, 2.75) is 33.6 Å². The highest BCUT2D eigenvalue weighted by atomic mass is 32.1. The zero-order valence-electron chi connectivity index (χ0n) is 12.8. The summed E-state index contributed by atoms with van der Waals surface area (Å²) in [6.45, 7) is 8.28. The van der Waals surface area contributed by atoms with Crippen LogP contribution < -0.4 is 5.32 Å². The molecular formula is C16H20N2O2S. The van der Waals surface area contributed by atoms with Crippen LogP contribution in [0.3, 0.4) is 0 Å². The lowest BCUT2D eigenvalue weighted by atomic mass is 10.0. The van der Waals surface area contributed by atoms with Crippen molar-refractivity contribution in [3.05, 3.63) is 41.1 Å². The van der Waals surface area contributed by atoms with Gasteiger partial charge in [-0.2, -0.15) is 4.37 Å². The predicted octanol–water partition coefficient (Wildman–Crippen LogP) is 4.50. The molecule has 0 amide bonds. The molecule has 4 nitrogen and oxygen atoms in total. The zero-order valence-corrected chi connectivity index (χ0v) is 13.6. The molecule has 0 bridgehead atoms. The topological polar surface area (TPSA) is 51.2 Å². The van der Waals surface area contributed by atoms with Gasteiger partial charge in [0.05, 0.1) is 12.3 Å². The van der Waals surface area contributed by atoms with Gasteiger partial charge in [0.25, 0.3) is 0 Å². The second kappa shape index (κ2) is 6.72. The van der Waals surface area contributed by atoms with E-state index in [1.165, 1.54) is 17.1 Å². The first-order chi connectivity index (χ1) is 10.0. The van der Waals surface area contributed by atoms with E-state index >= 15 is 0 Å². The molecule has 0 aliphatic heterocycles. The Morgan fingerprint density at radius 3 is 2.86 bits per heavy atom. The highest BCUT2D eigenvalue weighted by Crippen LogP contribution is 2.29. The number of aromatic nitrogens is 1. The number of carbonyl (C=O) groups is 1. The Hall–Kier alpha value is -1.88. The third-order valence-electron chi connectivity index (χ3n) is 3.15. The van der Waals surface area contributed by atoms with Gasteiger partial charge >= 0.3 is 5.97 Å². The number of nitrogens with zero attached hydrogens (tertiary/aromatic N) is 1. The van der Waals surface area contributed by atoms with Crippen LogP contribution in [0.5, 0.6) is 0 Å². The summed E-state index contributed by atoms with van der Waals surface area (Å²) >= 11 is 1.28. The average molecular weight is 304 g/mol. The van der Waals surface area contributed by atoms with E-state index in [2.05, 4.69) is 35.7 Å². The molecule has 0 unspecified atom stereocenters. The lowest BCUT2D eigenvalue weighted by Gasteiger charge is -2.10. The minimum absolute atomic E-state index is 0.328. The number of benzene rings is 1. The molecule has 0 saturated carbocycles. The number of hydrogen-bond donors (Lipinski definition) is 1. The van der Waals surface area contributed by atoms with Crippen LogP contribution >= 0.6 is 11.5 Å². The zero-order chi connectivity index (χ0) is 15.4. The normalized spacial score (nSPS) is 10.7. The Kier molecular flexibility index (Phi) is 4.96. The van der Waals surface area contributed by atoms with E-state index in [0.29, 0.717) is 23.8 Å². The summed E-state index contributed by atoms with van der Waals surface area (Å²) in [5.41, 5.74) is 3.42. The number of carbonyl (C=O) groups excluding carboxylic acids is 1. The van der Waals surface area contributed by atoms with Gasteiger partial charge in [-0.15, -0.1) is 0 Å². The molecule has 0 aliphatic rings. The fraction of sp³-hybridized carbons (Fsp3) is 0.375. The third-order valence-corrected chi connectivity index (χ3v) is 4.01. The van der Waals surface area contributed by atoms with Gasteiger partial charge in [0.15, 0.2) is 0 Å². The number of anilines is 2. The van der Waals surface area contributed by atoms with Gasteiger partial charge in [0.2, 0.25) is 0 Å². The van der Waals surface area contributed by atoms with Gasteiger partial charge in [-0.25, -0.2) is 4.79 Å². The highest BCUT2D eigenvalue weighted by molar-refractivity contribution is 7.10. The minimum atomic E-state index is -0.328. The van der Waals surface area contributed by atoms with Gasteiger partial charge in [-0.3, -0.25) is 0 Å². The lowest BCUT2D eigenvalue weighted by Crippen LogP contribution is -2.07. The molecule has 21 heavy (non-hydrogen) atoms. The second-order valence-corrected chi connectivity index (χ2v) is 5.87. The third kappa shape index (κ3) is 3.61. The molecular weight excluding hydrogens is 284 g/mol. The molecule has 0 aliphatic carbocycles. The predicted molar refractivity (Wildman–Crippen MR) is 86.6 cm³/mol. The van der Waals surface area contributed by atoms with E-state index in [0.717, 1.165) is 10.7 Å². The van der Waals surface area contributed by atoms with Crippen LogP contribution in [0, 0.1) is 6.92 Å². The van der Waals surface area contributed by atoms with Crippen molar-refractivity contribution in [3.8, 4) is 0 Å².